The van der Waals surface area contributed by atoms with Crippen LogP contribution in [-0.4, -0.2) is 9.38 Å². The number of hydrogen-bond acceptors (Lipinski definition) is 3. The Morgan fingerprint density at radius 3 is 2.83 bits per heavy atom. The molecule has 0 bridgehead atoms. The molecule has 2 aromatic carbocycles. The molecule has 2 aromatic heterocycles. The van der Waals surface area contributed by atoms with E-state index in [2.05, 4.69) is 20.9 Å². The van der Waals surface area contributed by atoms with E-state index in [1.807, 2.05) is 19.9 Å². The highest BCUT2D eigenvalue weighted by atomic mass is 79.9. The molecular weight excluding hydrogens is 391 g/mol. The number of fused-ring (bicyclic) bond motifs is 3. The Bertz CT molecular complexity index is 1230. The fraction of sp³-hybridized carbons (Fsp3) is 0.111. The lowest BCUT2D eigenvalue weighted by Crippen LogP contribution is -2.22. The third kappa shape index (κ3) is 2.29. The van der Waals surface area contributed by atoms with Crippen molar-refractivity contribution in [2.75, 3.05) is 0 Å². The topological polar surface area (TPSA) is 34.4 Å². The van der Waals surface area contributed by atoms with Crippen LogP contribution in [0.5, 0.6) is 0 Å². The standard InChI is InChI=1S/C18H12BrFN2OS/c1-9-6-13-16(15(19)10(9)2)21-18-22(13)17(23)14(24-18)8-11-4-3-5-12(20)7-11/h3-8H,1-2H3. The Morgan fingerprint density at radius 1 is 1.29 bits per heavy atom. The van der Waals surface area contributed by atoms with E-state index in [0.717, 1.165) is 26.6 Å². The summed E-state index contributed by atoms with van der Waals surface area (Å²) in [6.07, 6.45) is 1.70. The van der Waals surface area contributed by atoms with Gasteiger partial charge < -0.3 is 0 Å². The molecule has 0 aliphatic carbocycles. The van der Waals surface area contributed by atoms with Crippen LogP contribution in [0.3, 0.4) is 0 Å². The number of benzene rings is 2. The van der Waals surface area contributed by atoms with Gasteiger partial charge in [0.1, 0.15) is 11.3 Å². The van der Waals surface area contributed by atoms with Gasteiger partial charge in [0.25, 0.3) is 5.56 Å². The van der Waals surface area contributed by atoms with Gasteiger partial charge in [-0.2, -0.15) is 0 Å². The van der Waals surface area contributed by atoms with E-state index in [1.54, 1.807) is 22.6 Å². The average molecular weight is 403 g/mol. The lowest BCUT2D eigenvalue weighted by atomic mass is 10.1. The number of thiazole rings is 1. The maximum absolute atomic E-state index is 13.3. The molecule has 0 aliphatic heterocycles. The van der Waals surface area contributed by atoms with Crippen molar-refractivity contribution in [1.82, 2.24) is 9.38 Å². The van der Waals surface area contributed by atoms with Gasteiger partial charge in [-0.15, -0.1) is 0 Å². The second kappa shape index (κ2) is 5.50. The fourth-order valence-electron chi connectivity index (χ4n) is 2.73. The van der Waals surface area contributed by atoms with E-state index in [1.165, 1.54) is 23.5 Å². The number of aromatic nitrogens is 2. The summed E-state index contributed by atoms with van der Waals surface area (Å²) in [5, 5.41) is 0. The molecule has 6 heteroatoms. The first-order valence-electron chi connectivity index (χ1n) is 7.33. The average Bonchev–Trinajstić information content (AvgIpc) is 3.03. The molecule has 0 aliphatic rings. The summed E-state index contributed by atoms with van der Waals surface area (Å²) in [4.78, 5) is 18.0. The van der Waals surface area contributed by atoms with E-state index >= 15 is 0 Å². The SMILES string of the molecule is Cc1cc2c(nc3sc(=Cc4cccc(F)c4)c(=O)n32)c(Br)c1C. The second-order valence-electron chi connectivity index (χ2n) is 5.70. The van der Waals surface area contributed by atoms with Gasteiger partial charge in [0, 0.05) is 4.47 Å². The lowest BCUT2D eigenvalue weighted by molar-refractivity contribution is 0.627. The normalized spacial score (nSPS) is 12.6. The minimum Gasteiger partial charge on any atom is -0.267 e. The molecule has 0 atom stereocenters. The van der Waals surface area contributed by atoms with Crippen LogP contribution < -0.4 is 10.1 Å². The summed E-state index contributed by atoms with van der Waals surface area (Å²) in [6.45, 7) is 4.03. The van der Waals surface area contributed by atoms with Gasteiger partial charge in [-0.25, -0.2) is 13.8 Å². The van der Waals surface area contributed by atoms with Crippen molar-refractivity contribution >= 4 is 49.3 Å². The Morgan fingerprint density at radius 2 is 2.08 bits per heavy atom. The van der Waals surface area contributed by atoms with E-state index < -0.39 is 0 Å². The molecule has 0 radical (unpaired) electrons. The summed E-state index contributed by atoms with van der Waals surface area (Å²) < 4.78 is 16.4. The van der Waals surface area contributed by atoms with E-state index in [9.17, 15) is 9.18 Å². The monoisotopic (exact) mass is 402 g/mol. The molecule has 0 saturated carbocycles. The van der Waals surface area contributed by atoms with Gasteiger partial charge in [0.2, 0.25) is 0 Å². The molecule has 3 nitrogen and oxygen atoms in total. The first-order chi connectivity index (χ1) is 11.5. The number of rotatable bonds is 1. The highest BCUT2D eigenvalue weighted by Gasteiger charge is 2.15. The number of imidazole rings is 1. The maximum Gasteiger partial charge on any atom is 0.274 e. The molecule has 0 N–H and O–H groups in total. The number of nitrogens with zero attached hydrogens (tertiary/aromatic N) is 2. The van der Waals surface area contributed by atoms with Crippen LogP contribution >= 0.6 is 27.3 Å². The van der Waals surface area contributed by atoms with Gasteiger partial charge in [-0.1, -0.05) is 23.5 Å². The molecule has 0 fully saturated rings. The first-order valence-corrected chi connectivity index (χ1v) is 8.94. The molecule has 0 amide bonds. The van der Waals surface area contributed by atoms with E-state index in [0.29, 0.717) is 15.1 Å². The van der Waals surface area contributed by atoms with Gasteiger partial charge in [-0.3, -0.25) is 4.79 Å². The van der Waals surface area contributed by atoms with Crippen LogP contribution in [0.1, 0.15) is 16.7 Å². The highest BCUT2D eigenvalue weighted by Crippen LogP contribution is 2.30. The lowest BCUT2D eigenvalue weighted by Gasteiger charge is -2.03. The zero-order chi connectivity index (χ0) is 17.0. The maximum atomic E-state index is 13.3. The van der Waals surface area contributed by atoms with Crippen molar-refractivity contribution in [1.29, 1.82) is 0 Å². The van der Waals surface area contributed by atoms with Crippen molar-refractivity contribution in [3.8, 4) is 0 Å². The van der Waals surface area contributed by atoms with Crippen LogP contribution in [0.2, 0.25) is 0 Å². The van der Waals surface area contributed by atoms with Crippen molar-refractivity contribution in [2.45, 2.75) is 13.8 Å². The molecule has 24 heavy (non-hydrogen) atoms. The number of hydrogen-bond donors (Lipinski definition) is 0. The number of halogens is 2. The highest BCUT2D eigenvalue weighted by molar-refractivity contribution is 9.10. The quantitative estimate of drug-likeness (QED) is 0.482. The fourth-order valence-corrected chi connectivity index (χ4v) is 4.31. The predicted octanol–water partition coefficient (Wildman–Crippen LogP) is 3.98. The zero-order valence-electron chi connectivity index (χ0n) is 12.9. The summed E-state index contributed by atoms with van der Waals surface area (Å²) >= 11 is 4.89. The Kier molecular flexibility index (Phi) is 3.54. The molecule has 4 rings (SSSR count). The van der Waals surface area contributed by atoms with Gasteiger partial charge in [0.15, 0.2) is 4.96 Å². The van der Waals surface area contributed by atoms with Crippen LogP contribution in [0, 0.1) is 19.7 Å². The summed E-state index contributed by atoms with van der Waals surface area (Å²) in [7, 11) is 0. The smallest absolute Gasteiger partial charge is 0.267 e. The third-order valence-corrected chi connectivity index (χ3v) is 6.06. The van der Waals surface area contributed by atoms with Crippen LogP contribution in [0.4, 0.5) is 4.39 Å². The molecule has 4 aromatic rings. The molecule has 0 spiro atoms. The van der Waals surface area contributed by atoms with Crippen LogP contribution in [-0.2, 0) is 0 Å². The van der Waals surface area contributed by atoms with Crippen molar-refractivity contribution < 1.29 is 4.39 Å². The molecule has 0 unspecified atom stereocenters. The van der Waals surface area contributed by atoms with Crippen molar-refractivity contribution in [2.24, 2.45) is 0 Å². The molecular formula is C18H12BrFN2OS. The van der Waals surface area contributed by atoms with E-state index in [-0.39, 0.29) is 11.4 Å². The van der Waals surface area contributed by atoms with Crippen molar-refractivity contribution in [3.63, 3.8) is 0 Å². The van der Waals surface area contributed by atoms with Gasteiger partial charge in [0.05, 0.1) is 10.0 Å². The Balaban J connectivity index is 2.05. The molecule has 2 heterocycles. The summed E-state index contributed by atoms with van der Waals surface area (Å²) in [5.74, 6) is -0.321. The van der Waals surface area contributed by atoms with Gasteiger partial charge >= 0.3 is 0 Å². The Hall–Kier alpha value is -2.05. The van der Waals surface area contributed by atoms with Crippen LogP contribution in [0.15, 0.2) is 39.6 Å². The zero-order valence-corrected chi connectivity index (χ0v) is 15.3. The Labute approximate surface area is 149 Å². The summed E-state index contributed by atoms with van der Waals surface area (Å²) in [5.41, 5.74) is 4.33. The minimum absolute atomic E-state index is 0.128. The summed E-state index contributed by atoms with van der Waals surface area (Å²) in [6, 6.07) is 8.17. The second-order valence-corrected chi connectivity index (χ2v) is 7.50. The largest absolute Gasteiger partial charge is 0.274 e. The first kappa shape index (κ1) is 15.5. The predicted molar refractivity (Wildman–Crippen MR) is 99.2 cm³/mol. The number of aryl methyl sites for hydroxylation is 1. The van der Waals surface area contributed by atoms with Crippen molar-refractivity contribution in [3.05, 3.63) is 72.2 Å². The molecule has 120 valence electrons. The minimum atomic E-state index is -0.321. The van der Waals surface area contributed by atoms with Gasteiger partial charge in [-0.05, 0) is 70.7 Å². The van der Waals surface area contributed by atoms with E-state index in [4.69, 9.17) is 0 Å². The molecule has 0 saturated heterocycles. The van der Waals surface area contributed by atoms with Crippen LogP contribution in [0.25, 0.3) is 22.1 Å². The third-order valence-electron chi connectivity index (χ3n) is 4.13.